The minimum absolute atomic E-state index is 0.119. The zero-order chi connectivity index (χ0) is 18.2. The highest BCUT2D eigenvalue weighted by atomic mass is 35.5. The first-order valence-corrected chi connectivity index (χ1v) is 9.34. The lowest BCUT2D eigenvalue weighted by atomic mass is 10.2. The van der Waals surface area contributed by atoms with Gasteiger partial charge in [-0.2, -0.15) is 5.10 Å². The summed E-state index contributed by atoms with van der Waals surface area (Å²) in [7, 11) is -1.99. The molecule has 0 aliphatic carbocycles. The summed E-state index contributed by atoms with van der Waals surface area (Å²) >= 11 is 5.72. The number of nitrogens with zero attached hydrogens (tertiary/aromatic N) is 4. The van der Waals surface area contributed by atoms with Crippen LogP contribution in [0.2, 0.25) is 5.02 Å². The number of benzene rings is 1. The molecule has 0 aliphatic rings. The molecular weight excluding hydrogens is 371 g/mol. The second-order valence-corrected chi connectivity index (χ2v) is 7.79. The van der Waals surface area contributed by atoms with Gasteiger partial charge in [0.05, 0.1) is 24.7 Å². The van der Waals surface area contributed by atoms with E-state index in [4.69, 9.17) is 16.1 Å². The number of hydrogen-bond donors (Lipinski definition) is 0. The van der Waals surface area contributed by atoms with Crippen molar-refractivity contribution in [3.05, 3.63) is 53.3 Å². The number of rotatable bonds is 5. The lowest BCUT2D eigenvalue weighted by Crippen LogP contribution is -2.29. The molecule has 0 radical (unpaired) electrons. The van der Waals surface area contributed by atoms with Crippen LogP contribution in [0.3, 0.4) is 0 Å². The van der Waals surface area contributed by atoms with Crippen LogP contribution in [0.25, 0.3) is 11.3 Å². The van der Waals surface area contributed by atoms with Gasteiger partial charge in [-0.25, -0.2) is 12.8 Å². The van der Waals surface area contributed by atoms with Crippen LogP contribution in [-0.2, 0) is 23.6 Å². The fraction of sp³-hybridized carbons (Fsp3) is 0.200. The molecule has 25 heavy (non-hydrogen) atoms. The molecule has 0 spiro atoms. The van der Waals surface area contributed by atoms with E-state index in [9.17, 15) is 12.8 Å². The van der Waals surface area contributed by atoms with E-state index >= 15 is 0 Å². The van der Waals surface area contributed by atoms with Crippen LogP contribution in [-0.4, -0.2) is 29.6 Å². The van der Waals surface area contributed by atoms with E-state index in [2.05, 4.69) is 10.3 Å². The molecule has 0 unspecified atom stereocenters. The third-order valence-corrected chi connectivity index (χ3v) is 4.80. The minimum atomic E-state index is -3.76. The Morgan fingerprint density at radius 1 is 1.36 bits per heavy atom. The summed E-state index contributed by atoms with van der Waals surface area (Å²) in [6, 6.07) is 5.36. The number of anilines is 1. The van der Waals surface area contributed by atoms with Crippen molar-refractivity contribution in [3.63, 3.8) is 0 Å². The van der Waals surface area contributed by atoms with Gasteiger partial charge in [0, 0.05) is 29.9 Å². The van der Waals surface area contributed by atoms with Gasteiger partial charge < -0.3 is 4.52 Å². The molecule has 0 atom stereocenters. The van der Waals surface area contributed by atoms with E-state index in [1.807, 2.05) is 0 Å². The summed E-state index contributed by atoms with van der Waals surface area (Å²) in [5, 5.41) is 8.11. The third kappa shape index (κ3) is 3.83. The van der Waals surface area contributed by atoms with E-state index in [-0.39, 0.29) is 23.0 Å². The lowest BCUT2D eigenvalue weighted by molar-refractivity contribution is 0.386. The summed E-state index contributed by atoms with van der Waals surface area (Å²) in [6.07, 6.45) is 4.34. The van der Waals surface area contributed by atoms with E-state index in [0.717, 1.165) is 22.2 Å². The van der Waals surface area contributed by atoms with Crippen LogP contribution in [0, 0.1) is 5.82 Å². The average molecular weight is 385 g/mol. The standard InChI is InChI=1S/C15H14ClFN4O3S/c1-20-8-10(7-18-20)14-6-12(24-19-14)9-21(25(2,22)23)15-4-3-11(16)5-13(15)17/h3-8H,9H2,1-2H3. The predicted octanol–water partition coefficient (Wildman–Crippen LogP) is 2.83. The molecule has 0 amide bonds. The first kappa shape index (κ1) is 17.4. The molecule has 0 saturated heterocycles. The second kappa shape index (κ2) is 6.49. The van der Waals surface area contributed by atoms with Gasteiger partial charge in [0.1, 0.15) is 11.5 Å². The molecule has 3 aromatic rings. The Bertz CT molecular complexity index is 1020. The quantitative estimate of drug-likeness (QED) is 0.675. The monoisotopic (exact) mass is 384 g/mol. The fourth-order valence-corrected chi connectivity index (χ4v) is 3.31. The van der Waals surface area contributed by atoms with E-state index < -0.39 is 15.8 Å². The third-order valence-electron chi connectivity index (χ3n) is 3.44. The molecule has 0 bridgehead atoms. The zero-order valence-electron chi connectivity index (χ0n) is 13.3. The van der Waals surface area contributed by atoms with Crippen molar-refractivity contribution in [2.75, 3.05) is 10.6 Å². The van der Waals surface area contributed by atoms with Crippen molar-refractivity contribution in [1.29, 1.82) is 0 Å². The topological polar surface area (TPSA) is 81.2 Å². The van der Waals surface area contributed by atoms with Crippen molar-refractivity contribution >= 4 is 27.3 Å². The Labute approximate surface area is 148 Å². The highest BCUT2D eigenvalue weighted by Crippen LogP contribution is 2.27. The van der Waals surface area contributed by atoms with Gasteiger partial charge in [-0.05, 0) is 18.2 Å². The van der Waals surface area contributed by atoms with Gasteiger partial charge in [0.15, 0.2) is 5.76 Å². The van der Waals surface area contributed by atoms with E-state index in [0.29, 0.717) is 5.69 Å². The Hall–Kier alpha value is -2.39. The molecule has 10 heteroatoms. The SMILES string of the molecule is Cn1cc(-c2cc(CN(c3ccc(Cl)cc3F)S(C)(=O)=O)on2)cn1. The van der Waals surface area contributed by atoms with Crippen LogP contribution in [0.1, 0.15) is 5.76 Å². The molecule has 7 nitrogen and oxygen atoms in total. The first-order valence-electron chi connectivity index (χ1n) is 7.11. The zero-order valence-corrected chi connectivity index (χ0v) is 14.9. The summed E-state index contributed by atoms with van der Waals surface area (Å²) in [5.41, 5.74) is 1.11. The van der Waals surface area contributed by atoms with Gasteiger partial charge in [0.2, 0.25) is 10.0 Å². The van der Waals surface area contributed by atoms with Gasteiger partial charge in [-0.15, -0.1) is 0 Å². The second-order valence-electron chi connectivity index (χ2n) is 5.45. The molecule has 3 rings (SSSR count). The molecule has 0 aliphatic heterocycles. The van der Waals surface area contributed by atoms with Crippen LogP contribution in [0.15, 0.2) is 41.2 Å². The number of hydrogen-bond acceptors (Lipinski definition) is 5. The molecule has 2 aromatic heterocycles. The maximum absolute atomic E-state index is 14.2. The fourth-order valence-electron chi connectivity index (χ4n) is 2.28. The molecule has 0 N–H and O–H groups in total. The highest BCUT2D eigenvalue weighted by molar-refractivity contribution is 7.92. The molecule has 0 fully saturated rings. The molecule has 1 aromatic carbocycles. The van der Waals surface area contributed by atoms with Gasteiger partial charge in [-0.1, -0.05) is 16.8 Å². The number of aryl methyl sites for hydroxylation is 1. The van der Waals surface area contributed by atoms with Crippen LogP contribution in [0.5, 0.6) is 0 Å². The molecule has 2 heterocycles. The van der Waals surface area contributed by atoms with E-state index in [1.165, 1.54) is 12.1 Å². The molecular formula is C15H14ClFN4O3S. The van der Waals surface area contributed by atoms with Crippen molar-refractivity contribution < 1.29 is 17.3 Å². The maximum Gasteiger partial charge on any atom is 0.232 e. The molecule has 132 valence electrons. The summed E-state index contributed by atoms with van der Waals surface area (Å²) in [5.74, 6) is -0.483. The first-order chi connectivity index (χ1) is 11.7. The minimum Gasteiger partial charge on any atom is -0.359 e. The number of halogens is 2. The largest absolute Gasteiger partial charge is 0.359 e. The Morgan fingerprint density at radius 2 is 2.12 bits per heavy atom. The van der Waals surface area contributed by atoms with Crippen molar-refractivity contribution in [2.45, 2.75) is 6.54 Å². The Balaban J connectivity index is 1.93. The van der Waals surface area contributed by atoms with Gasteiger partial charge in [0.25, 0.3) is 0 Å². The molecule has 0 saturated carbocycles. The number of sulfonamides is 1. The van der Waals surface area contributed by atoms with Gasteiger partial charge >= 0.3 is 0 Å². The Morgan fingerprint density at radius 3 is 2.72 bits per heavy atom. The average Bonchev–Trinajstić information content (AvgIpc) is 3.13. The highest BCUT2D eigenvalue weighted by Gasteiger charge is 2.23. The van der Waals surface area contributed by atoms with Crippen molar-refractivity contribution in [1.82, 2.24) is 14.9 Å². The van der Waals surface area contributed by atoms with Crippen LogP contribution < -0.4 is 4.31 Å². The van der Waals surface area contributed by atoms with Crippen molar-refractivity contribution in [2.24, 2.45) is 7.05 Å². The summed E-state index contributed by atoms with van der Waals surface area (Å²) in [4.78, 5) is 0. The van der Waals surface area contributed by atoms with Crippen molar-refractivity contribution in [3.8, 4) is 11.3 Å². The van der Waals surface area contributed by atoms with E-state index in [1.54, 1.807) is 30.2 Å². The maximum atomic E-state index is 14.2. The van der Waals surface area contributed by atoms with Crippen LogP contribution in [0.4, 0.5) is 10.1 Å². The van der Waals surface area contributed by atoms with Crippen LogP contribution >= 0.6 is 11.6 Å². The number of aromatic nitrogens is 3. The summed E-state index contributed by atoms with van der Waals surface area (Å²) in [6.45, 7) is -0.204. The smallest absolute Gasteiger partial charge is 0.232 e. The normalized spacial score (nSPS) is 11.7. The summed E-state index contributed by atoms with van der Waals surface area (Å²) < 4.78 is 46.1. The van der Waals surface area contributed by atoms with Gasteiger partial charge in [-0.3, -0.25) is 8.99 Å². The lowest BCUT2D eigenvalue weighted by Gasteiger charge is -2.21. The Kier molecular flexibility index (Phi) is 4.53. The predicted molar refractivity (Wildman–Crippen MR) is 91.1 cm³/mol.